The molecule has 0 radical (unpaired) electrons. The molecule has 3 nitrogen and oxygen atoms in total. The normalized spacial score (nSPS) is 10.0. The Morgan fingerprint density at radius 1 is 1.47 bits per heavy atom. The highest BCUT2D eigenvalue weighted by atomic mass is 19.3. The predicted octanol–water partition coefficient (Wildman–Crippen LogP) is 1.64. The van der Waals surface area contributed by atoms with Gasteiger partial charge in [-0.15, -0.1) is 0 Å². The molecule has 1 aromatic rings. The van der Waals surface area contributed by atoms with Crippen LogP contribution in [-0.4, -0.2) is 37.4 Å². The second-order valence-electron chi connectivity index (χ2n) is 4.11. The fourth-order valence-corrected chi connectivity index (χ4v) is 1.58. The van der Waals surface area contributed by atoms with Gasteiger partial charge in [0.15, 0.2) is 0 Å². The minimum atomic E-state index is -2.55. The standard InChI is InChI=1S/C14H16F2N2O/c1-10-5-6-11(4-3-7-17)8-12(10)14(19)18(2)9-13(15)16/h5-6,8,13H,7,9,17H2,1-2H3. The molecule has 1 amide bonds. The third-order valence-corrected chi connectivity index (χ3v) is 2.56. The third-order valence-electron chi connectivity index (χ3n) is 2.56. The first-order chi connectivity index (χ1) is 8.95. The molecule has 0 heterocycles. The summed E-state index contributed by atoms with van der Waals surface area (Å²) in [5.41, 5.74) is 7.03. The molecule has 102 valence electrons. The summed E-state index contributed by atoms with van der Waals surface area (Å²) < 4.78 is 24.6. The molecule has 0 aliphatic heterocycles. The van der Waals surface area contributed by atoms with Gasteiger partial charge in [-0.05, 0) is 24.6 Å². The summed E-state index contributed by atoms with van der Waals surface area (Å²) in [5.74, 6) is 5.06. The fourth-order valence-electron chi connectivity index (χ4n) is 1.58. The van der Waals surface area contributed by atoms with E-state index in [0.29, 0.717) is 11.1 Å². The quantitative estimate of drug-likeness (QED) is 0.845. The van der Waals surface area contributed by atoms with E-state index >= 15 is 0 Å². The summed E-state index contributed by atoms with van der Waals surface area (Å²) in [4.78, 5) is 13.1. The number of alkyl halides is 2. The number of aryl methyl sites for hydroxylation is 1. The van der Waals surface area contributed by atoms with Crippen molar-refractivity contribution in [1.82, 2.24) is 4.90 Å². The Hall–Kier alpha value is -1.93. The summed E-state index contributed by atoms with van der Waals surface area (Å²) in [7, 11) is 1.35. The third kappa shape index (κ3) is 4.34. The van der Waals surface area contributed by atoms with E-state index in [-0.39, 0.29) is 6.54 Å². The average molecular weight is 266 g/mol. The van der Waals surface area contributed by atoms with Crippen LogP contribution in [0.3, 0.4) is 0 Å². The molecule has 0 aliphatic rings. The van der Waals surface area contributed by atoms with Crippen LogP contribution in [0.1, 0.15) is 21.5 Å². The highest BCUT2D eigenvalue weighted by Crippen LogP contribution is 2.13. The number of hydrogen-bond acceptors (Lipinski definition) is 2. The van der Waals surface area contributed by atoms with Gasteiger partial charge in [0.1, 0.15) is 0 Å². The van der Waals surface area contributed by atoms with Gasteiger partial charge in [0.05, 0.1) is 13.1 Å². The van der Waals surface area contributed by atoms with Crippen LogP contribution in [0.25, 0.3) is 0 Å². The van der Waals surface area contributed by atoms with Crippen LogP contribution >= 0.6 is 0 Å². The summed E-state index contributed by atoms with van der Waals surface area (Å²) in [6.07, 6.45) is -2.55. The molecule has 0 fully saturated rings. The Balaban J connectivity index is 3.01. The monoisotopic (exact) mass is 266 g/mol. The predicted molar refractivity (Wildman–Crippen MR) is 70.1 cm³/mol. The van der Waals surface area contributed by atoms with Crippen LogP contribution in [0.15, 0.2) is 18.2 Å². The molecule has 5 heteroatoms. The maximum Gasteiger partial charge on any atom is 0.255 e. The minimum absolute atomic E-state index is 0.225. The zero-order chi connectivity index (χ0) is 14.4. The lowest BCUT2D eigenvalue weighted by molar-refractivity contribution is 0.0619. The molecule has 1 aromatic carbocycles. The Bertz CT molecular complexity index is 518. The van der Waals surface area contributed by atoms with E-state index in [1.54, 1.807) is 25.1 Å². The number of nitrogens with zero attached hydrogens (tertiary/aromatic N) is 1. The maximum absolute atomic E-state index is 12.3. The Morgan fingerprint density at radius 3 is 2.74 bits per heavy atom. The van der Waals surface area contributed by atoms with Gasteiger partial charge in [-0.25, -0.2) is 8.78 Å². The number of amides is 1. The van der Waals surface area contributed by atoms with Crippen LogP contribution in [0.2, 0.25) is 0 Å². The lowest BCUT2D eigenvalue weighted by atomic mass is 10.0. The molecule has 0 aliphatic carbocycles. The molecular formula is C14H16F2N2O. The number of carbonyl (C=O) groups is 1. The van der Waals surface area contributed by atoms with Crippen LogP contribution in [-0.2, 0) is 0 Å². The molecule has 2 N–H and O–H groups in total. The van der Waals surface area contributed by atoms with Gasteiger partial charge in [-0.2, -0.15) is 0 Å². The van der Waals surface area contributed by atoms with Gasteiger partial charge in [0.25, 0.3) is 12.3 Å². The summed E-state index contributed by atoms with van der Waals surface area (Å²) in [6, 6.07) is 5.11. The van der Waals surface area contributed by atoms with Crippen molar-refractivity contribution in [3.8, 4) is 11.8 Å². The van der Waals surface area contributed by atoms with Gasteiger partial charge in [-0.1, -0.05) is 17.9 Å². The number of rotatable bonds is 3. The van der Waals surface area contributed by atoms with Gasteiger partial charge in [0, 0.05) is 18.2 Å². The summed E-state index contributed by atoms with van der Waals surface area (Å²) >= 11 is 0. The van der Waals surface area contributed by atoms with Crippen molar-refractivity contribution >= 4 is 5.91 Å². The smallest absolute Gasteiger partial charge is 0.255 e. The Morgan fingerprint density at radius 2 is 2.16 bits per heavy atom. The summed E-state index contributed by atoms with van der Waals surface area (Å²) in [6.45, 7) is 1.39. The number of hydrogen-bond donors (Lipinski definition) is 1. The Labute approximate surface area is 111 Å². The molecule has 0 bridgehead atoms. The first-order valence-corrected chi connectivity index (χ1v) is 5.79. The average Bonchev–Trinajstić information content (AvgIpc) is 2.36. The van der Waals surface area contributed by atoms with E-state index in [0.717, 1.165) is 10.5 Å². The number of nitrogens with two attached hydrogens (primary N) is 1. The molecule has 0 atom stereocenters. The largest absolute Gasteiger partial charge is 0.336 e. The second-order valence-corrected chi connectivity index (χ2v) is 4.11. The van der Waals surface area contributed by atoms with Crippen LogP contribution < -0.4 is 5.73 Å². The molecule has 0 saturated heterocycles. The van der Waals surface area contributed by atoms with Crippen molar-refractivity contribution in [2.45, 2.75) is 13.3 Å². The van der Waals surface area contributed by atoms with Crippen LogP contribution in [0.4, 0.5) is 8.78 Å². The van der Waals surface area contributed by atoms with Gasteiger partial charge >= 0.3 is 0 Å². The van der Waals surface area contributed by atoms with Crippen LogP contribution in [0.5, 0.6) is 0 Å². The van der Waals surface area contributed by atoms with Crippen molar-refractivity contribution in [2.24, 2.45) is 5.73 Å². The van der Waals surface area contributed by atoms with E-state index in [9.17, 15) is 13.6 Å². The molecule has 0 saturated carbocycles. The first-order valence-electron chi connectivity index (χ1n) is 5.79. The molecule has 19 heavy (non-hydrogen) atoms. The van der Waals surface area contributed by atoms with Crippen molar-refractivity contribution in [3.05, 3.63) is 34.9 Å². The van der Waals surface area contributed by atoms with E-state index in [2.05, 4.69) is 11.8 Å². The molecule has 0 unspecified atom stereocenters. The van der Waals surface area contributed by atoms with Gasteiger partial charge in [0.2, 0.25) is 0 Å². The highest BCUT2D eigenvalue weighted by Gasteiger charge is 2.17. The van der Waals surface area contributed by atoms with Crippen LogP contribution in [0, 0.1) is 18.8 Å². The molecule has 0 aromatic heterocycles. The van der Waals surface area contributed by atoms with Gasteiger partial charge in [-0.3, -0.25) is 4.79 Å². The zero-order valence-electron chi connectivity index (χ0n) is 10.9. The van der Waals surface area contributed by atoms with Crippen molar-refractivity contribution in [3.63, 3.8) is 0 Å². The molecule has 0 spiro atoms. The second kappa shape index (κ2) is 6.86. The van der Waals surface area contributed by atoms with E-state index in [1.807, 2.05) is 0 Å². The lowest BCUT2D eigenvalue weighted by Crippen LogP contribution is -2.31. The maximum atomic E-state index is 12.3. The SMILES string of the molecule is Cc1ccc(C#CCN)cc1C(=O)N(C)CC(F)F. The zero-order valence-corrected chi connectivity index (χ0v) is 10.9. The Kier molecular flexibility index (Phi) is 5.46. The van der Waals surface area contributed by atoms with Crippen molar-refractivity contribution < 1.29 is 13.6 Å². The topological polar surface area (TPSA) is 46.3 Å². The summed E-state index contributed by atoms with van der Waals surface area (Å²) in [5, 5.41) is 0. The molecule has 1 rings (SSSR count). The van der Waals surface area contributed by atoms with Crippen molar-refractivity contribution in [1.29, 1.82) is 0 Å². The highest BCUT2D eigenvalue weighted by molar-refractivity contribution is 5.95. The number of benzene rings is 1. The van der Waals surface area contributed by atoms with E-state index in [1.165, 1.54) is 7.05 Å². The van der Waals surface area contributed by atoms with Gasteiger partial charge < -0.3 is 10.6 Å². The molecular weight excluding hydrogens is 250 g/mol. The number of carbonyl (C=O) groups excluding carboxylic acids is 1. The minimum Gasteiger partial charge on any atom is -0.336 e. The van der Waals surface area contributed by atoms with E-state index < -0.39 is 18.9 Å². The van der Waals surface area contributed by atoms with E-state index in [4.69, 9.17) is 5.73 Å². The van der Waals surface area contributed by atoms with Crippen molar-refractivity contribution in [2.75, 3.05) is 20.1 Å². The number of halogens is 2. The fraction of sp³-hybridized carbons (Fsp3) is 0.357. The lowest BCUT2D eigenvalue weighted by Gasteiger charge is -2.17. The first kappa shape index (κ1) is 15.1.